The molecule has 28 heavy (non-hydrogen) atoms. The minimum absolute atomic E-state index is 0.199. The predicted octanol–water partition coefficient (Wildman–Crippen LogP) is 2.10. The van der Waals surface area contributed by atoms with Crippen LogP contribution in [0, 0.1) is 11.3 Å². The fraction of sp³-hybridized carbons (Fsp3) is 0.300. The molecule has 0 unspecified atom stereocenters. The third kappa shape index (κ3) is 3.34. The van der Waals surface area contributed by atoms with Crippen molar-refractivity contribution in [2.45, 2.75) is 38.1 Å². The lowest BCUT2D eigenvalue weighted by atomic mass is 9.92. The third-order valence-electron chi connectivity index (χ3n) is 4.97. The van der Waals surface area contributed by atoms with Gasteiger partial charge in [-0.3, -0.25) is 9.78 Å². The van der Waals surface area contributed by atoms with E-state index in [1.54, 1.807) is 18.6 Å². The van der Waals surface area contributed by atoms with Crippen LogP contribution in [0.3, 0.4) is 0 Å². The van der Waals surface area contributed by atoms with E-state index in [1.165, 1.54) is 11.0 Å². The van der Waals surface area contributed by atoms with Gasteiger partial charge in [0.1, 0.15) is 6.33 Å². The van der Waals surface area contributed by atoms with Gasteiger partial charge in [-0.1, -0.05) is 13.0 Å². The van der Waals surface area contributed by atoms with E-state index in [-0.39, 0.29) is 12.5 Å². The van der Waals surface area contributed by atoms with Gasteiger partial charge in [-0.15, -0.1) is 0 Å². The topological polar surface area (TPSA) is 109 Å². The quantitative estimate of drug-likeness (QED) is 0.709. The van der Waals surface area contributed by atoms with Crippen LogP contribution in [0.5, 0.6) is 0 Å². The molecule has 1 fully saturated rings. The number of rotatable bonds is 6. The Morgan fingerprint density at radius 2 is 2.14 bits per heavy atom. The Bertz CT molecular complexity index is 1050. The molecule has 1 aliphatic carbocycles. The number of aryl methyl sites for hydroxylation is 1. The van der Waals surface area contributed by atoms with Gasteiger partial charge in [-0.25, -0.2) is 9.97 Å². The van der Waals surface area contributed by atoms with Crippen LogP contribution < -0.4 is 5.32 Å². The van der Waals surface area contributed by atoms with E-state index in [0.717, 1.165) is 30.4 Å². The third-order valence-corrected chi connectivity index (χ3v) is 4.97. The Labute approximate surface area is 162 Å². The van der Waals surface area contributed by atoms with Gasteiger partial charge >= 0.3 is 0 Å². The van der Waals surface area contributed by atoms with E-state index >= 15 is 0 Å². The van der Waals surface area contributed by atoms with Crippen molar-refractivity contribution in [2.75, 3.05) is 0 Å². The molecular weight excluding hydrogens is 354 g/mol. The SMILES string of the molecule is CCc1cc(C(=O)NCc2ncnn2-c2cnccn2)cc(C2(C#N)CC2)c1. The minimum atomic E-state index is -0.424. The largest absolute Gasteiger partial charge is 0.345 e. The van der Waals surface area contributed by atoms with Gasteiger partial charge in [0.25, 0.3) is 5.91 Å². The maximum Gasteiger partial charge on any atom is 0.251 e. The second kappa shape index (κ2) is 7.19. The van der Waals surface area contributed by atoms with Crippen LogP contribution >= 0.6 is 0 Å². The molecule has 2 aromatic heterocycles. The average molecular weight is 373 g/mol. The first kappa shape index (κ1) is 17.8. The highest BCUT2D eigenvalue weighted by Gasteiger charge is 2.45. The van der Waals surface area contributed by atoms with Crippen LogP contribution in [0.2, 0.25) is 0 Å². The zero-order valence-corrected chi connectivity index (χ0v) is 15.5. The molecule has 1 aliphatic rings. The van der Waals surface area contributed by atoms with Crippen molar-refractivity contribution in [3.8, 4) is 11.9 Å². The van der Waals surface area contributed by atoms with Crippen LogP contribution in [0.4, 0.5) is 0 Å². The van der Waals surface area contributed by atoms with Crippen LogP contribution in [-0.4, -0.2) is 30.6 Å². The summed E-state index contributed by atoms with van der Waals surface area (Å²) in [5.41, 5.74) is 2.11. The lowest BCUT2D eigenvalue weighted by molar-refractivity contribution is 0.0949. The molecule has 0 atom stereocenters. The summed E-state index contributed by atoms with van der Waals surface area (Å²) in [4.78, 5) is 25.2. The van der Waals surface area contributed by atoms with Crippen molar-refractivity contribution in [2.24, 2.45) is 0 Å². The average Bonchev–Trinajstić information content (AvgIpc) is 3.42. The molecule has 2 heterocycles. The Morgan fingerprint density at radius 1 is 1.29 bits per heavy atom. The number of carbonyl (C=O) groups is 1. The molecule has 1 saturated carbocycles. The first-order valence-electron chi connectivity index (χ1n) is 9.14. The molecule has 0 radical (unpaired) electrons. The molecule has 0 aliphatic heterocycles. The lowest BCUT2D eigenvalue weighted by Crippen LogP contribution is -2.25. The summed E-state index contributed by atoms with van der Waals surface area (Å²) in [6.45, 7) is 2.24. The molecule has 0 spiro atoms. The van der Waals surface area contributed by atoms with Crippen molar-refractivity contribution >= 4 is 5.91 Å². The van der Waals surface area contributed by atoms with E-state index in [9.17, 15) is 10.1 Å². The maximum atomic E-state index is 12.8. The monoisotopic (exact) mass is 373 g/mol. The van der Waals surface area contributed by atoms with Crippen LogP contribution in [0.25, 0.3) is 5.82 Å². The van der Waals surface area contributed by atoms with Gasteiger partial charge in [0.15, 0.2) is 11.6 Å². The van der Waals surface area contributed by atoms with E-state index in [2.05, 4.69) is 31.4 Å². The van der Waals surface area contributed by atoms with E-state index in [1.807, 2.05) is 25.1 Å². The molecule has 1 amide bonds. The summed E-state index contributed by atoms with van der Waals surface area (Å²) in [5, 5.41) is 16.5. The molecule has 3 aromatic rings. The van der Waals surface area contributed by atoms with Crippen molar-refractivity contribution < 1.29 is 4.79 Å². The molecule has 1 aromatic carbocycles. The molecule has 4 rings (SSSR count). The Hall–Kier alpha value is -3.60. The smallest absolute Gasteiger partial charge is 0.251 e. The van der Waals surface area contributed by atoms with Gasteiger partial charge in [-0.2, -0.15) is 15.0 Å². The second-order valence-corrected chi connectivity index (χ2v) is 6.80. The highest BCUT2D eigenvalue weighted by atomic mass is 16.1. The fourth-order valence-corrected chi connectivity index (χ4v) is 3.13. The number of nitrogens with zero attached hydrogens (tertiary/aromatic N) is 6. The van der Waals surface area contributed by atoms with Crippen molar-refractivity contribution in [1.82, 2.24) is 30.0 Å². The molecule has 0 saturated heterocycles. The summed E-state index contributed by atoms with van der Waals surface area (Å²) in [5.74, 6) is 0.875. The van der Waals surface area contributed by atoms with Crippen molar-refractivity contribution in [1.29, 1.82) is 5.26 Å². The van der Waals surface area contributed by atoms with Gasteiger partial charge in [0, 0.05) is 18.0 Å². The van der Waals surface area contributed by atoms with Crippen molar-refractivity contribution in [3.05, 3.63) is 65.6 Å². The number of amides is 1. The fourth-order valence-electron chi connectivity index (χ4n) is 3.13. The Kier molecular flexibility index (Phi) is 4.57. The molecule has 8 heteroatoms. The number of nitriles is 1. The summed E-state index contributed by atoms with van der Waals surface area (Å²) in [7, 11) is 0. The number of carbonyl (C=O) groups excluding carboxylic acids is 1. The van der Waals surface area contributed by atoms with Gasteiger partial charge in [-0.05, 0) is 42.5 Å². The molecule has 0 bridgehead atoms. The summed E-state index contributed by atoms with van der Waals surface area (Å²) in [6.07, 6.45) is 8.63. The number of benzene rings is 1. The zero-order valence-electron chi connectivity index (χ0n) is 15.5. The lowest BCUT2D eigenvalue weighted by Gasteiger charge is -2.12. The first-order chi connectivity index (χ1) is 13.6. The molecule has 1 N–H and O–H groups in total. The first-order valence-corrected chi connectivity index (χ1v) is 9.14. The number of hydrogen-bond acceptors (Lipinski definition) is 6. The van der Waals surface area contributed by atoms with Crippen LogP contribution in [0.15, 0.2) is 43.1 Å². The highest BCUT2D eigenvalue weighted by molar-refractivity contribution is 5.94. The van der Waals surface area contributed by atoms with Crippen LogP contribution in [0.1, 0.15) is 47.1 Å². The van der Waals surface area contributed by atoms with Crippen LogP contribution in [-0.2, 0) is 18.4 Å². The summed E-state index contributed by atoms with van der Waals surface area (Å²) >= 11 is 0. The second-order valence-electron chi connectivity index (χ2n) is 6.80. The van der Waals surface area contributed by atoms with E-state index in [4.69, 9.17) is 0 Å². The Balaban J connectivity index is 1.53. The number of nitrogens with one attached hydrogen (secondary N) is 1. The van der Waals surface area contributed by atoms with Crippen molar-refractivity contribution in [3.63, 3.8) is 0 Å². The Morgan fingerprint density at radius 3 is 2.82 bits per heavy atom. The number of aromatic nitrogens is 5. The molecular formula is C20H19N7O. The molecule has 8 nitrogen and oxygen atoms in total. The standard InChI is InChI=1S/C20H19N7O/c1-2-14-7-15(9-16(8-14)20(12-21)3-4-20)19(28)24-11-18-25-13-26-27(18)17-10-22-5-6-23-17/h5-10,13H,2-4,11H2,1H3,(H,24,28). The van der Waals surface area contributed by atoms with E-state index < -0.39 is 5.41 Å². The maximum absolute atomic E-state index is 12.8. The summed E-state index contributed by atoms with van der Waals surface area (Å²) < 4.78 is 1.54. The zero-order chi connectivity index (χ0) is 19.6. The van der Waals surface area contributed by atoms with Gasteiger partial charge in [0.05, 0.1) is 24.2 Å². The number of hydrogen-bond donors (Lipinski definition) is 1. The van der Waals surface area contributed by atoms with Gasteiger partial charge < -0.3 is 5.32 Å². The van der Waals surface area contributed by atoms with Gasteiger partial charge in [0.2, 0.25) is 0 Å². The predicted molar refractivity (Wildman–Crippen MR) is 100 cm³/mol. The van der Waals surface area contributed by atoms with E-state index in [0.29, 0.717) is 17.2 Å². The molecule has 140 valence electrons. The normalized spacial score (nSPS) is 14.3. The summed E-state index contributed by atoms with van der Waals surface area (Å²) in [6, 6.07) is 8.15. The highest BCUT2D eigenvalue weighted by Crippen LogP contribution is 2.48. The minimum Gasteiger partial charge on any atom is -0.345 e.